The van der Waals surface area contributed by atoms with Crippen LogP contribution in [0.1, 0.15) is 49.0 Å². The molecule has 0 radical (unpaired) electrons. The first kappa shape index (κ1) is 14.1. The Morgan fingerprint density at radius 2 is 2.26 bits per heavy atom. The Bertz CT molecular complexity index is 411. The van der Waals surface area contributed by atoms with Crippen LogP contribution in [0, 0.1) is 5.92 Å². The van der Waals surface area contributed by atoms with Gasteiger partial charge in [0.25, 0.3) is 5.91 Å². The number of carbonyl (C=O) groups excluding carboxylic acids is 1. The van der Waals surface area contributed by atoms with Gasteiger partial charge in [-0.05, 0) is 31.2 Å². The van der Waals surface area contributed by atoms with Crippen LogP contribution in [-0.4, -0.2) is 33.4 Å². The molecular formula is C14H23N3O2. The predicted octanol–water partition coefficient (Wildman–Crippen LogP) is 1.48. The van der Waals surface area contributed by atoms with Crippen molar-refractivity contribution >= 4 is 5.91 Å². The molecule has 0 bridgehead atoms. The van der Waals surface area contributed by atoms with E-state index in [1.54, 1.807) is 24.0 Å². The molecule has 1 heterocycles. The average Bonchev–Trinajstić information content (AvgIpc) is 2.85. The van der Waals surface area contributed by atoms with Gasteiger partial charge in [0, 0.05) is 25.9 Å². The molecule has 106 valence electrons. The van der Waals surface area contributed by atoms with Crippen molar-refractivity contribution < 1.29 is 9.90 Å². The third-order valence-corrected chi connectivity index (χ3v) is 4.03. The number of amides is 1. The highest BCUT2D eigenvalue weighted by atomic mass is 16.3. The summed E-state index contributed by atoms with van der Waals surface area (Å²) in [5.41, 5.74) is 0.568. The molecule has 5 heteroatoms. The van der Waals surface area contributed by atoms with Crippen LogP contribution in [0.25, 0.3) is 0 Å². The molecule has 19 heavy (non-hydrogen) atoms. The Kier molecular flexibility index (Phi) is 4.96. The molecule has 5 nitrogen and oxygen atoms in total. The van der Waals surface area contributed by atoms with Crippen LogP contribution in [0.15, 0.2) is 12.3 Å². The lowest BCUT2D eigenvalue weighted by atomic mass is 9.82. The lowest BCUT2D eigenvalue weighted by Gasteiger charge is -2.30. The molecule has 1 fully saturated rings. The number of hydrogen-bond donors (Lipinski definition) is 2. The summed E-state index contributed by atoms with van der Waals surface area (Å²) in [6.45, 7) is 0.118. The zero-order valence-corrected chi connectivity index (χ0v) is 11.5. The van der Waals surface area contributed by atoms with Crippen molar-refractivity contribution in [3.63, 3.8) is 0 Å². The Balaban J connectivity index is 1.99. The smallest absolute Gasteiger partial charge is 0.269 e. The van der Waals surface area contributed by atoms with Gasteiger partial charge in [-0.3, -0.25) is 9.48 Å². The van der Waals surface area contributed by atoms with E-state index in [2.05, 4.69) is 10.4 Å². The van der Waals surface area contributed by atoms with Gasteiger partial charge in [0.1, 0.15) is 5.69 Å². The van der Waals surface area contributed by atoms with Crippen LogP contribution in [0.5, 0.6) is 0 Å². The number of aryl methyl sites for hydroxylation is 1. The van der Waals surface area contributed by atoms with Crippen molar-refractivity contribution in [1.29, 1.82) is 0 Å². The normalized spacial score (nSPS) is 18.2. The maximum atomic E-state index is 12.2. The first-order chi connectivity index (χ1) is 9.22. The Labute approximate surface area is 114 Å². The number of rotatable bonds is 5. The van der Waals surface area contributed by atoms with Crippen molar-refractivity contribution in [2.75, 3.05) is 6.61 Å². The summed E-state index contributed by atoms with van der Waals surface area (Å²) < 4.78 is 1.58. The Morgan fingerprint density at radius 1 is 1.53 bits per heavy atom. The molecule has 1 aliphatic carbocycles. The zero-order chi connectivity index (χ0) is 13.7. The van der Waals surface area contributed by atoms with Crippen LogP contribution in [0.2, 0.25) is 0 Å². The third kappa shape index (κ3) is 3.56. The fourth-order valence-corrected chi connectivity index (χ4v) is 2.94. The first-order valence-electron chi connectivity index (χ1n) is 7.12. The summed E-state index contributed by atoms with van der Waals surface area (Å²) in [7, 11) is 1.76. The summed E-state index contributed by atoms with van der Waals surface area (Å²) in [5, 5.41) is 16.3. The number of aromatic nitrogens is 2. The molecule has 0 aromatic carbocycles. The molecule has 1 aromatic rings. The fourth-order valence-electron chi connectivity index (χ4n) is 2.94. The summed E-state index contributed by atoms with van der Waals surface area (Å²) in [5.74, 6) is 0.405. The van der Waals surface area contributed by atoms with Crippen molar-refractivity contribution in [2.45, 2.75) is 44.6 Å². The third-order valence-electron chi connectivity index (χ3n) is 4.03. The quantitative estimate of drug-likeness (QED) is 0.847. The second kappa shape index (κ2) is 6.70. The number of nitrogens with one attached hydrogen (secondary N) is 1. The van der Waals surface area contributed by atoms with E-state index in [9.17, 15) is 9.90 Å². The van der Waals surface area contributed by atoms with E-state index in [0.717, 1.165) is 12.8 Å². The summed E-state index contributed by atoms with van der Waals surface area (Å²) in [4.78, 5) is 12.2. The van der Waals surface area contributed by atoms with E-state index >= 15 is 0 Å². The molecular weight excluding hydrogens is 242 g/mol. The molecule has 1 unspecified atom stereocenters. The number of carbonyl (C=O) groups is 1. The Morgan fingerprint density at radius 3 is 2.84 bits per heavy atom. The van der Waals surface area contributed by atoms with E-state index in [1.807, 2.05) is 0 Å². The fraction of sp³-hybridized carbons (Fsp3) is 0.714. The highest BCUT2D eigenvalue weighted by Gasteiger charge is 2.25. The van der Waals surface area contributed by atoms with E-state index < -0.39 is 0 Å². The Hall–Kier alpha value is -1.36. The molecule has 0 aliphatic heterocycles. The molecule has 1 amide bonds. The molecule has 1 saturated carbocycles. The maximum absolute atomic E-state index is 12.2. The highest BCUT2D eigenvalue weighted by Crippen LogP contribution is 2.27. The van der Waals surface area contributed by atoms with Crippen LogP contribution in [0.4, 0.5) is 0 Å². The molecule has 0 spiro atoms. The second-order valence-corrected chi connectivity index (χ2v) is 5.33. The monoisotopic (exact) mass is 265 g/mol. The topological polar surface area (TPSA) is 67.2 Å². The number of nitrogens with zero attached hydrogens (tertiary/aromatic N) is 2. The van der Waals surface area contributed by atoms with E-state index in [1.165, 1.54) is 19.3 Å². The van der Waals surface area contributed by atoms with Gasteiger partial charge in [-0.15, -0.1) is 0 Å². The highest BCUT2D eigenvalue weighted by molar-refractivity contribution is 5.92. The van der Waals surface area contributed by atoms with Gasteiger partial charge in [-0.1, -0.05) is 19.3 Å². The first-order valence-corrected chi connectivity index (χ1v) is 7.12. The van der Waals surface area contributed by atoms with Gasteiger partial charge in [0.15, 0.2) is 0 Å². The summed E-state index contributed by atoms with van der Waals surface area (Å²) in [6.07, 6.45) is 8.30. The number of aliphatic hydroxyl groups is 1. The molecule has 0 saturated heterocycles. The number of aliphatic hydroxyl groups excluding tert-OH is 1. The van der Waals surface area contributed by atoms with Crippen molar-refractivity contribution in [2.24, 2.45) is 13.0 Å². The van der Waals surface area contributed by atoms with E-state index in [4.69, 9.17) is 0 Å². The number of hydrogen-bond acceptors (Lipinski definition) is 3. The minimum absolute atomic E-state index is 0.0766. The van der Waals surface area contributed by atoms with Gasteiger partial charge < -0.3 is 10.4 Å². The minimum atomic E-state index is -0.0935. The standard InChI is InChI=1S/C14H23N3O2/c1-17-13(7-9-15-17)14(19)16-12(8-10-18)11-5-3-2-4-6-11/h7,9,11-12,18H,2-6,8,10H2,1H3,(H,16,19). The largest absolute Gasteiger partial charge is 0.396 e. The molecule has 1 aliphatic rings. The van der Waals surface area contributed by atoms with E-state index in [-0.39, 0.29) is 18.6 Å². The van der Waals surface area contributed by atoms with Gasteiger partial charge >= 0.3 is 0 Å². The van der Waals surface area contributed by atoms with Crippen LogP contribution < -0.4 is 5.32 Å². The van der Waals surface area contributed by atoms with Crippen molar-refractivity contribution in [3.8, 4) is 0 Å². The lowest BCUT2D eigenvalue weighted by molar-refractivity contribution is 0.0890. The van der Waals surface area contributed by atoms with Crippen LogP contribution in [-0.2, 0) is 7.05 Å². The van der Waals surface area contributed by atoms with Gasteiger partial charge in [0.05, 0.1) is 0 Å². The van der Waals surface area contributed by atoms with Gasteiger partial charge in [-0.2, -0.15) is 5.10 Å². The predicted molar refractivity (Wildman–Crippen MR) is 72.7 cm³/mol. The minimum Gasteiger partial charge on any atom is -0.396 e. The molecule has 1 aromatic heterocycles. The summed E-state index contributed by atoms with van der Waals surface area (Å²) >= 11 is 0. The molecule has 2 rings (SSSR count). The molecule has 1 atom stereocenters. The van der Waals surface area contributed by atoms with Crippen LogP contribution >= 0.6 is 0 Å². The van der Waals surface area contributed by atoms with Gasteiger partial charge in [0.2, 0.25) is 0 Å². The molecule has 2 N–H and O–H groups in total. The SMILES string of the molecule is Cn1nccc1C(=O)NC(CCO)C1CCCCC1. The summed E-state index contributed by atoms with van der Waals surface area (Å²) in [6, 6.07) is 1.79. The van der Waals surface area contributed by atoms with Gasteiger partial charge in [-0.25, -0.2) is 0 Å². The van der Waals surface area contributed by atoms with Crippen molar-refractivity contribution in [3.05, 3.63) is 18.0 Å². The lowest BCUT2D eigenvalue weighted by Crippen LogP contribution is -2.42. The van der Waals surface area contributed by atoms with E-state index in [0.29, 0.717) is 18.0 Å². The average molecular weight is 265 g/mol. The maximum Gasteiger partial charge on any atom is 0.269 e. The van der Waals surface area contributed by atoms with Crippen molar-refractivity contribution in [1.82, 2.24) is 15.1 Å². The van der Waals surface area contributed by atoms with Crippen LogP contribution in [0.3, 0.4) is 0 Å². The second-order valence-electron chi connectivity index (χ2n) is 5.33. The zero-order valence-electron chi connectivity index (χ0n) is 11.5.